The number of rotatable bonds is 10. The van der Waals surface area contributed by atoms with Gasteiger partial charge in [-0.25, -0.2) is 0 Å². The highest BCUT2D eigenvalue weighted by atomic mass is 32.2. The highest BCUT2D eigenvalue weighted by Crippen LogP contribution is 2.33. The second-order valence-corrected chi connectivity index (χ2v) is 8.36. The predicted molar refractivity (Wildman–Crippen MR) is 88.7 cm³/mol. The lowest BCUT2D eigenvalue weighted by Crippen LogP contribution is -2.31. The molecule has 0 aliphatic carbocycles. The van der Waals surface area contributed by atoms with Crippen LogP contribution in [0.5, 0.6) is 0 Å². The van der Waals surface area contributed by atoms with Crippen molar-refractivity contribution < 1.29 is 37.8 Å². The number of nitrogens with zero attached hydrogens (tertiary/aromatic N) is 1. The van der Waals surface area contributed by atoms with Crippen LogP contribution in [0.2, 0.25) is 0 Å². The first-order valence-corrected chi connectivity index (χ1v) is 9.86. The highest BCUT2D eigenvalue weighted by Gasteiger charge is 2.42. The van der Waals surface area contributed by atoms with Crippen LogP contribution in [0, 0.1) is 0 Å². The molecule has 1 aliphatic rings. The summed E-state index contributed by atoms with van der Waals surface area (Å²) in [6, 6.07) is 0. The molecule has 1 aliphatic heterocycles. The van der Waals surface area contributed by atoms with Crippen LogP contribution >= 0.6 is 0 Å². The molecule has 0 bridgehead atoms. The van der Waals surface area contributed by atoms with Crippen LogP contribution in [0.3, 0.4) is 0 Å². The Bertz CT molecular complexity index is 546. The summed E-state index contributed by atoms with van der Waals surface area (Å²) in [7, 11) is -4.14. The minimum Gasteiger partial charge on any atom is -0.862 e. The van der Waals surface area contributed by atoms with E-state index < -0.39 is 45.9 Å². The van der Waals surface area contributed by atoms with E-state index in [1.54, 1.807) is 20.8 Å². The highest BCUT2D eigenvalue weighted by molar-refractivity contribution is 7.85. The first-order valence-electron chi connectivity index (χ1n) is 8.25. The molecule has 4 atom stereocenters. The van der Waals surface area contributed by atoms with E-state index in [1.807, 2.05) is 0 Å². The summed E-state index contributed by atoms with van der Waals surface area (Å²) in [4.78, 5) is 3.51. The fraction of sp³-hybridized carbons (Fsp3) is 0.933. The smallest absolute Gasteiger partial charge is 0.266 e. The summed E-state index contributed by atoms with van der Waals surface area (Å²) < 4.78 is 41.1. The number of aliphatic hydroxyl groups excluding tert-OH is 2. The van der Waals surface area contributed by atoms with Crippen molar-refractivity contribution in [1.82, 2.24) is 0 Å². The van der Waals surface area contributed by atoms with Crippen molar-refractivity contribution in [2.24, 2.45) is 4.99 Å². The van der Waals surface area contributed by atoms with E-state index in [9.17, 15) is 23.7 Å². The first kappa shape index (κ1) is 22.3. The lowest BCUT2D eigenvalue weighted by Gasteiger charge is -2.21. The minimum atomic E-state index is -4.14. The zero-order valence-corrected chi connectivity index (χ0v) is 15.6. The molecular weight excluding hydrogens is 354 g/mol. The zero-order chi connectivity index (χ0) is 19.3. The Morgan fingerprint density at radius 2 is 1.80 bits per heavy atom. The van der Waals surface area contributed by atoms with Crippen LogP contribution in [0.4, 0.5) is 0 Å². The van der Waals surface area contributed by atoms with Gasteiger partial charge in [0.2, 0.25) is 0 Å². The maximum Gasteiger partial charge on any atom is 0.266 e. The molecule has 0 saturated carbocycles. The summed E-state index contributed by atoms with van der Waals surface area (Å²) in [5.41, 5.74) is 0. The third-order valence-corrected chi connectivity index (χ3v) is 4.39. The van der Waals surface area contributed by atoms with Gasteiger partial charge in [0.05, 0.1) is 36.7 Å². The van der Waals surface area contributed by atoms with Crippen molar-refractivity contribution in [3.05, 3.63) is 0 Å². The van der Waals surface area contributed by atoms with E-state index in [-0.39, 0.29) is 31.9 Å². The van der Waals surface area contributed by atoms with Crippen molar-refractivity contribution in [3.8, 4) is 0 Å². The van der Waals surface area contributed by atoms with Gasteiger partial charge in [0.25, 0.3) is 10.1 Å². The van der Waals surface area contributed by atoms with E-state index >= 15 is 0 Å². The van der Waals surface area contributed by atoms with E-state index in [1.165, 1.54) is 0 Å². The third-order valence-electron chi connectivity index (χ3n) is 3.69. The van der Waals surface area contributed by atoms with Crippen molar-refractivity contribution in [2.75, 3.05) is 12.3 Å². The van der Waals surface area contributed by atoms with E-state index in [0.717, 1.165) is 0 Å². The molecule has 0 spiro atoms. The van der Waals surface area contributed by atoms with Crippen LogP contribution in [-0.2, 0) is 19.6 Å². The van der Waals surface area contributed by atoms with Crippen LogP contribution < -0.4 is 5.11 Å². The van der Waals surface area contributed by atoms with Crippen LogP contribution in [0.1, 0.15) is 46.5 Å². The largest absolute Gasteiger partial charge is 0.862 e. The number of hydrogen-bond acceptors (Lipinski definition) is 8. The molecular formula is C15H28NO8S-. The molecule has 3 N–H and O–H groups in total. The molecule has 0 aromatic heterocycles. The topological polar surface area (TPSA) is 149 Å². The third kappa shape index (κ3) is 9.47. The number of aliphatic imine (C=N–C) groups is 1. The Kier molecular flexibility index (Phi) is 8.23. The molecule has 1 fully saturated rings. The second-order valence-electron chi connectivity index (χ2n) is 6.79. The van der Waals surface area contributed by atoms with Gasteiger partial charge in [0.1, 0.15) is 0 Å². The summed E-state index contributed by atoms with van der Waals surface area (Å²) in [5.74, 6) is -1.94. The van der Waals surface area contributed by atoms with Gasteiger partial charge in [0, 0.05) is 12.8 Å². The van der Waals surface area contributed by atoms with Crippen molar-refractivity contribution in [1.29, 1.82) is 0 Å². The zero-order valence-electron chi connectivity index (χ0n) is 14.8. The number of hydrogen-bond donors (Lipinski definition) is 3. The fourth-order valence-corrected chi connectivity index (χ4v) is 3.01. The molecule has 1 saturated heterocycles. The van der Waals surface area contributed by atoms with Gasteiger partial charge >= 0.3 is 0 Å². The Balaban J connectivity index is 2.44. The molecule has 0 radical (unpaired) electrons. The Hall–Kier alpha value is -0.780. The maximum absolute atomic E-state index is 11.5. The monoisotopic (exact) mass is 382 g/mol. The molecule has 0 aromatic rings. The van der Waals surface area contributed by atoms with Crippen molar-refractivity contribution >= 4 is 16.0 Å². The second kappa shape index (κ2) is 9.24. The van der Waals surface area contributed by atoms with Crippen LogP contribution in [0.25, 0.3) is 0 Å². The maximum atomic E-state index is 11.5. The van der Waals surface area contributed by atoms with Gasteiger partial charge in [0.15, 0.2) is 5.79 Å². The minimum absolute atomic E-state index is 0.0370. The van der Waals surface area contributed by atoms with Gasteiger partial charge in [-0.2, -0.15) is 8.42 Å². The lowest BCUT2D eigenvalue weighted by molar-refractivity contribution is -0.219. The first-order chi connectivity index (χ1) is 11.4. The summed E-state index contributed by atoms with van der Waals surface area (Å²) in [6.45, 7) is 4.85. The molecule has 0 aromatic carbocycles. The van der Waals surface area contributed by atoms with E-state index in [0.29, 0.717) is 6.42 Å². The average Bonchev–Trinajstić information content (AvgIpc) is 2.68. The van der Waals surface area contributed by atoms with Gasteiger partial charge in [-0.05, 0) is 39.5 Å². The number of ether oxygens (including phenoxy) is 2. The molecule has 10 heteroatoms. The quantitative estimate of drug-likeness (QED) is 0.259. The van der Waals surface area contributed by atoms with Crippen molar-refractivity contribution in [3.63, 3.8) is 0 Å². The molecule has 1 unspecified atom stereocenters. The van der Waals surface area contributed by atoms with Gasteiger partial charge in [-0.15, -0.1) is 0 Å². The predicted octanol–water partition coefficient (Wildman–Crippen LogP) is -0.545. The fourth-order valence-electron chi connectivity index (χ4n) is 2.69. The SMILES string of the molecule is CC(O)C[C@@H]1OC(C)(C)O[C@@H]1C[C@H](O)CCC([O-])=NCCS(=O)(=O)O. The molecule has 0 amide bonds. The van der Waals surface area contributed by atoms with E-state index in [4.69, 9.17) is 14.0 Å². The molecule has 25 heavy (non-hydrogen) atoms. The van der Waals surface area contributed by atoms with Crippen molar-refractivity contribution in [2.45, 2.75) is 76.7 Å². The van der Waals surface area contributed by atoms with E-state index in [2.05, 4.69) is 4.99 Å². The normalized spacial score (nSPS) is 26.6. The Morgan fingerprint density at radius 1 is 1.24 bits per heavy atom. The summed E-state index contributed by atoms with van der Waals surface area (Å²) >= 11 is 0. The van der Waals surface area contributed by atoms with Gasteiger partial charge < -0.3 is 29.8 Å². The molecule has 1 rings (SSSR count). The Morgan fingerprint density at radius 3 is 2.32 bits per heavy atom. The van der Waals surface area contributed by atoms with Crippen LogP contribution in [0.15, 0.2) is 4.99 Å². The van der Waals surface area contributed by atoms with Crippen LogP contribution in [-0.4, -0.2) is 71.6 Å². The molecule has 1 heterocycles. The summed E-state index contributed by atoms with van der Waals surface area (Å²) in [6.07, 6.45) is -1.39. The van der Waals surface area contributed by atoms with Gasteiger partial charge in [-0.3, -0.25) is 4.55 Å². The number of aliphatic hydroxyl groups is 2. The molecule has 9 nitrogen and oxygen atoms in total. The lowest BCUT2D eigenvalue weighted by atomic mass is 10.00. The summed E-state index contributed by atoms with van der Waals surface area (Å²) in [5, 5.41) is 31.2. The Labute approximate surface area is 148 Å². The molecule has 148 valence electrons. The standard InChI is InChI=1S/C15H29NO8S/c1-10(17)8-12-13(24-15(2,3)23-12)9-11(18)4-5-14(19)16-6-7-25(20,21)22/h10-13,17-18H,4-9H2,1-3H3,(H,16,19)(H,20,21,22)/p-1/t10?,11-,12+,13-/m1/s1. The average molecular weight is 382 g/mol. The van der Waals surface area contributed by atoms with Gasteiger partial charge in [-0.1, -0.05) is 0 Å².